The maximum Gasteiger partial charge on any atom is 0.335 e. The summed E-state index contributed by atoms with van der Waals surface area (Å²) < 4.78 is 1.55. The van der Waals surface area contributed by atoms with Crippen LogP contribution in [0.1, 0.15) is 10.4 Å². The number of aromatic carboxylic acids is 1. The highest BCUT2D eigenvalue weighted by atomic mass is 16.4. The van der Waals surface area contributed by atoms with Crippen LogP contribution in [0.2, 0.25) is 0 Å². The summed E-state index contributed by atoms with van der Waals surface area (Å²) in [5.41, 5.74) is 0.0582. The lowest BCUT2D eigenvalue weighted by Crippen LogP contribution is -2.31. The van der Waals surface area contributed by atoms with Crippen LogP contribution in [0.3, 0.4) is 0 Å². The number of aromatic nitrogens is 3. The van der Waals surface area contributed by atoms with Gasteiger partial charge in [-0.25, -0.2) is 9.59 Å². The van der Waals surface area contributed by atoms with Gasteiger partial charge < -0.3 is 20.8 Å². The SMILES string of the molecule is O=C(NCCn1ccnn1)Nc1ccc(C(=O)O)cc1O. The summed E-state index contributed by atoms with van der Waals surface area (Å²) in [6.45, 7) is 0.778. The molecule has 1 aromatic heterocycles. The van der Waals surface area contributed by atoms with E-state index < -0.39 is 12.0 Å². The van der Waals surface area contributed by atoms with E-state index in [0.717, 1.165) is 6.07 Å². The van der Waals surface area contributed by atoms with Crippen molar-refractivity contribution in [3.05, 3.63) is 36.2 Å². The lowest BCUT2D eigenvalue weighted by Gasteiger charge is -2.09. The molecule has 0 saturated heterocycles. The summed E-state index contributed by atoms with van der Waals surface area (Å²) in [5.74, 6) is -1.48. The molecular weight excluding hydrogens is 278 g/mol. The Hall–Kier alpha value is -3.10. The Bertz CT molecular complexity index is 641. The first kappa shape index (κ1) is 14.3. The summed E-state index contributed by atoms with van der Waals surface area (Å²) in [6.07, 6.45) is 3.19. The Balaban J connectivity index is 1.86. The Morgan fingerprint density at radius 2 is 2.14 bits per heavy atom. The van der Waals surface area contributed by atoms with Crippen LogP contribution in [-0.4, -0.2) is 43.8 Å². The molecular formula is C12H13N5O4. The zero-order valence-electron chi connectivity index (χ0n) is 10.9. The molecule has 1 heterocycles. The van der Waals surface area contributed by atoms with Gasteiger partial charge in [0, 0.05) is 12.7 Å². The van der Waals surface area contributed by atoms with Gasteiger partial charge in [0.05, 0.1) is 24.0 Å². The molecule has 9 heteroatoms. The number of phenolic OH excluding ortho intramolecular Hbond substituents is 1. The van der Waals surface area contributed by atoms with E-state index in [1.807, 2.05) is 0 Å². The molecule has 21 heavy (non-hydrogen) atoms. The van der Waals surface area contributed by atoms with Crippen molar-refractivity contribution in [1.82, 2.24) is 20.3 Å². The number of carbonyl (C=O) groups excluding carboxylic acids is 1. The van der Waals surface area contributed by atoms with Crippen LogP contribution in [0.25, 0.3) is 0 Å². The molecule has 0 aliphatic rings. The van der Waals surface area contributed by atoms with Gasteiger partial charge in [-0.1, -0.05) is 5.21 Å². The summed E-state index contributed by atoms with van der Waals surface area (Å²) in [4.78, 5) is 22.3. The van der Waals surface area contributed by atoms with E-state index in [0.29, 0.717) is 13.1 Å². The Morgan fingerprint density at radius 1 is 1.33 bits per heavy atom. The minimum atomic E-state index is -1.16. The molecule has 2 aromatic rings. The third-order valence-electron chi connectivity index (χ3n) is 2.59. The Morgan fingerprint density at radius 3 is 2.76 bits per heavy atom. The standard InChI is InChI=1S/C12H13N5O4/c18-10-7-8(11(19)20)1-2-9(10)15-12(21)13-3-5-17-6-4-14-16-17/h1-2,4,6-7,18H,3,5H2,(H,19,20)(H2,13,15,21). The number of carboxylic acid groups (broad SMARTS) is 1. The van der Waals surface area contributed by atoms with Crippen LogP contribution in [0.15, 0.2) is 30.6 Å². The van der Waals surface area contributed by atoms with E-state index in [9.17, 15) is 14.7 Å². The van der Waals surface area contributed by atoms with Crippen LogP contribution in [-0.2, 0) is 6.54 Å². The predicted octanol–water partition coefficient (Wildman–Crippen LogP) is 0.504. The lowest BCUT2D eigenvalue weighted by molar-refractivity contribution is 0.0696. The molecule has 0 saturated carbocycles. The number of amides is 2. The molecule has 0 aliphatic carbocycles. The molecule has 4 N–H and O–H groups in total. The first-order chi connectivity index (χ1) is 10.1. The molecule has 0 atom stereocenters. The number of urea groups is 1. The number of rotatable bonds is 5. The highest BCUT2D eigenvalue weighted by Crippen LogP contribution is 2.24. The van der Waals surface area contributed by atoms with Gasteiger partial charge in [-0.2, -0.15) is 0 Å². The van der Waals surface area contributed by atoms with Gasteiger partial charge in [0.25, 0.3) is 0 Å². The Labute approximate surface area is 119 Å². The number of anilines is 1. The molecule has 2 amide bonds. The third kappa shape index (κ3) is 3.93. The fraction of sp³-hybridized carbons (Fsp3) is 0.167. The van der Waals surface area contributed by atoms with Crippen molar-refractivity contribution in [2.45, 2.75) is 6.54 Å². The normalized spacial score (nSPS) is 10.1. The second kappa shape index (κ2) is 6.37. The van der Waals surface area contributed by atoms with Gasteiger partial charge in [0.15, 0.2) is 0 Å². The quantitative estimate of drug-likeness (QED) is 0.594. The maximum atomic E-state index is 11.6. The predicted molar refractivity (Wildman–Crippen MR) is 72.1 cm³/mol. The van der Waals surface area contributed by atoms with E-state index in [1.165, 1.54) is 18.3 Å². The third-order valence-corrected chi connectivity index (χ3v) is 2.59. The first-order valence-corrected chi connectivity index (χ1v) is 6.01. The van der Waals surface area contributed by atoms with Crippen LogP contribution in [0.4, 0.5) is 10.5 Å². The summed E-state index contributed by atoms with van der Waals surface area (Å²) in [6, 6.07) is 3.14. The van der Waals surface area contributed by atoms with Crippen molar-refractivity contribution >= 4 is 17.7 Å². The average Bonchev–Trinajstić information content (AvgIpc) is 2.94. The number of nitrogens with zero attached hydrogens (tertiary/aromatic N) is 3. The van der Waals surface area contributed by atoms with Crippen LogP contribution < -0.4 is 10.6 Å². The van der Waals surface area contributed by atoms with Crippen LogP contribution >= 0.6 is 0 Å². The fourth-order valence-corrected chi connectivity index (χ4v) is 1.57. The number of nitrogens with one attached hydrogen (secondary N) is 2. The van der Waals surface area contributed by atoms with Crippen molar-refractivity contribution < 1.29 is 19.8 Å². The minimum Gasteiger partial charge on any atom is -0.506 e. The largest absolute Gasteiger partial charge is 0.506 e. The number of phenols is 1. The lowest BCUT2D eigenvalue weighted by atomic mass is 10.2. The van der Waals surface area contributed by atoms with Crippen LogP contribution in [0.5, 0.6) is 5.75 Å². The number of carbonyl (C=O) groups is 2. The van der Waals surface area contributed by atoms with Gasteiger partial charge in [0.1, 0.15) is 5.75 Å². The second-order valence-electron chi connectivity index (χ2n) is 4.08. The van der Waals surface area contributed by atoms with Gasteiger partial charge >= 0.3 is 12.0 Å². The van der Waals surface area contributed by atoms with E-state index in [4.69, 9.17) is 5.11 Å². The van der Waals surface area contributed by atoms with Gasteiger partial charge in [-0.3, -0.25) is 4.68 Å². The maximum absolute atomic E-state index is 11.6. The summed E-state index contributed by atoms with van der Waals surface area (Å²) in [7, 11) is 0. The first-order valence-electron chi connectivity index (χ1n) is 6.01. The van der Waals surface area contributed by atoms with Crippen molar-refractivity contribution in [3.63, 3.8) is 0 Å². The Kier molecular flexibility index (Phi) is 4.34. The highest BCUT2D eigenvalue weighted by Gasteiger charge is 2.09. The molecule has 9 nitrogen and oxygen atoms in total. The molecule has 0 fully saturated rings. The molecule has 0 bridgehead atoms. The smallest absolute Gasteiger partial charge is 0.335 e. The molecule has 1 aromatic carbocycles. The van der Waals surface area contributed by atoms with Gasteiger partial charge in [0.2, 0.25) is 0 Å². The summed E-state index contributed by atoms with van der Waals surface area (Å²) >= 11 is 0. The monoisotopic (exact) mass is 291 g/mol. The highest BCUT2D eigenvalue weighted by molar-refractivity contribution is 5.93. The van der Waals surface area contributed by atoms with Crippen molar-refractivity contribution in [1.29, 1.82) is 0 Å². The van der Waals surface area contributed by atoms with Gasteiger partial charge in [-0.15, -0.1) is 5.10 Å². The second-order valence-corrected chi connectivity index (χ2v) is 4.08. The molecule has 0 aliphatic heterocycles. The zero-order valence-corrected chi connectivity index (χ0v) is 10.9. The van der Waals surface area contributed by atoms with Crippen molar-refractivity contribution in [2.24, 2.45) is 0 Å². The zero-order chi connectivity index (χ0) is 15.2. The molecule has 0 spiro atoms. The van der Waals surface area contributed by atoms with Gasteiger partial charge in [-0.05, 0) is 18.2 Å². The van der Waals surface area contributed by atoms with Crippen molar-refractivity contribution in [3.8, 4) is 5.75 Å². The fourth-order valence-electron chi connectivity index (χ4n) is 1.57. The molecule has 110 valence electrons. The van der Waals surface area contributed by atoms with E-state index in [2.05, 4.69) is 20.9 Å². The van der Waals surface area contributed by atoms with Crippen LogP contribution in [0, 0.1) is 0 Å². The average molecular weight is 291 g/mol. The molecule has 0 radical (unpaired) electrons. The number of aromatic hydroxyl groups is 1. The number of benzene rings is 1. The van der Waals surface area contributed by atoms with Crippen molar-refractivity contribution in [2.75, 3.05) is 11.9 Å². The summed E-state index contributed by atoms with van der Waals surface area (Å²) in [5, 5.41) is 30.7. The number of hydrogen-bond donors (Lipinski definition) is 4. The van der Waals surface area contributed by atoms with E-state index in [-0.39, 0.29) is 17.0 Å². The number of carboxylic acids is 1. The minimum absolute atomic E-state index is 0.0651. The topological polar surface area (TPSA) is 129 Å². The molecule has 0 unspecified atom stereocenters. The van der Waals surface area contributed by atoms with E-state index in [1.54, 1.807) is 10.9 Å². The number of hydrogen-bond acceptors (Lipinski definition) is 5. The van der Waals surface area contributed by atoms with E-state index >= 15 is 0 Å². The molecule has 2 rings (SSSR count).